The van der Waals surface area contributed by atoms with Gasteiger partial charge in [-0.1, -0.05) is 22.9 Å². The summed E-state index contributed by atoms with van der Waals surface area (Å²) < 4.78 is 0.907. The molecular formula is C13H11ClN6OS2. The molecule has 3 aromatic rings. The highest BCUT2D eigenvalue weighted by atomic mass is 35.5. The lowest BCUT2D eigenvalue weighted by atomic mass is 10.2. The second-order valence-electron chi connectivity index (χ2n) is 4.59. The van der Waals surface area contributed by atoms with Crippen molar-refractivity contribution in [3.8, 4) is 0 Å². The minimum absolute atomic E-state index is 0.107. The Morgan fingerprint density at radius 2 is 2.13 bits per heavy atom. The predicted molar refractivity (Wildman–Crippen MR) is 94.9 cm³/mol. The van der Waals surface area contributed by atoms with Gasteiger partial charge in [-0.3, -0.25) is 10.1 Å². The summed E-state index contributed by atoms with van der Waals surface area (Å²) in [6, 6.07) is 3.65. The Morgan fingerprint density at radius 1 is 1.35 bits per heavy atom. The molecule has 0 aliphatic heterocycles. The normalized spacial score (nSPS) is 10.7. The number of aliphatic imine (C=N–C) groups is 1. The topological polar surface area (TPSA) is 119 Å². The molecule has 0 spiro atoms. The van der Waals surface area contributed by atoms with E-state index in [9.17, 15) is 4.79 Å². The van der Waals surface area contributed by atoms with E-state index in [-0.39, 0.29) is 17.6 Å². The van der Waals surface area contributed by atoms with Crippen LogP contribution in [0.3, 0.4) is 0 Å². The molecule has 0 bridgehead atoms. The number of nitrogens with zero attached hydrogens (tertiary/aromatic N) is 3. The summed E-state index contributed by atoms with van der Waals surface area (Å²) in [5.74, 6) is -0.481. The molecule has 7 nitrogen and oxygen atoms in total. The van der Waals surface area contributed by atoms with Gasteiger partial charge in [-0.15, -0.1) is 11.3 Å². The number of guanidine groups is 1. The maximum atomic E-state index is 12.2. The van der Waals surface area contributed by atoms with Crippen molar-refractivity contribution < 1.29 is 4.79 Å². The summed E-state index contributed by atoms with van der Waals surface area (Å²) in [4.78, 5) is 24.5. The molecular weight excluding hydrogens is 356 g/mol. The summed E-state index contributed by atoms with van der Waals surface area (Å²) in [5.41, 5.74) is 12.5. The van der Waals surface area contributed by atoms with E-state index in [1.807, 2.05) is 19.1 Å². The number of anilines is 1. The third kappa shape index (κ3) is 3.41. The second-order valence-corrected chi connectivity index (χ2v) is 6.90. The Labute approximate surface area is 144 Å². The molecule has 0 radical (unpaired) electrons. The first-order valence-electron chi connectivity index (χ1n) is 6.35. The molecule has 0 saturated heterocycles. The predicted octanol–water partition coefficient (Wildman–Crippen LogP) is 2.87. The van der Waals surface area contributed by atoms with Crippen LogP contribution in [-0.4, -0.2) is 21.8 Å². The second kappa shape index (κ2) is 6.11. The molecule has 1 aromatic carbocycles. The van der Waals surface area contributed by atoms with Crippen LogP contribution in [0.5, 0.6) is 0 Å². The molecule has 5 N–H and O–H groups in total. The van der Waals surface area contributed by atoms with Crippen LogP contribution in [0.15, 0.2) is 22.5 Å². The van der Waals surface area contributed by atoms with E-state index in [2.05, 4.69) is 20.3 Å². The Kier molecular flexibility index (Phi) is 4.16. The van der Waals surface area contributed by atoms with Gasteiger partial charge < -0.3 is 11.5 Å². The number of hydrogen-bond acceptors (Lipinski definition) is 6. The molecule has 118 valence electrons. The lowest BCUT2D eigenvalue weighted by Crippen LogP contribution is -2.21. The van der Waals surface area contributed by atoms with E-state index in [0.717, 1.165) is 15.8 Å². The molecule has 0 fully saturated rings. The number of fused-ring (bicyclic) bond motifs is 1. The number of aryl methyl sites for hydroxylation is 1. The van der Waals surface area contributed by atoms with Crippen molar-refractivity contribution in [1.82, 2.24) is 9.97 Å². The molecule has 3 rings (SSSR count). The zero-order chi connectivity index (χ0) is 16.6. The standard InChI is InChI=1S/C13H11ClN6OS2/c1-5-2-6(14)3-8-9(5)18-13(23-8)19-10(21)7-4-22-12(17-7)20-11(15)16/h2-4H,1H3,(H,18,19,21)(H4,15,16,17,20). The van der Waals surface area contributed by atoms with Crippen molar-refractivity contribution in [2.75, 3.05) is 5.32 Å². The number of thiazole rings is 2. The van der Waals surface area contributed by atoms with Crippen LogP contribution < -0.4 is 16.8 Å². The number of nitrogens with two attached hydrogens (primary N) is 2. The van der Waals surface area contributed by atoms with Crippen LogP contribution in [0.25, 0.3) is 10.2 Å². The number of carbonyl (C=O) groups is 1. The van der Waals surface area contributed by atoms with E-state index in [1.165, 1.54) is 22.7 Å². The molecule has 0 unspecified atom stereocenters. The SMILES string of the molecule is Cc1cc(Cl)cc2sc(NC(=O)c3csc(N=C(N)N)n3)nc12. The van der Waals surface area contributed by atoms with E-state index in [4.69, 9.17) is 23.1 Å². The number of nitrogens with one attached hydrogen (secondary N) is 1. The first-order chi connectivity index (χ1) is 10.9. The van der Waals surface area contributed by atoms with Gasteiger partial charge in [0.15, 0.2) is 11.1 Å². The van der Waals surface area contributed by atoms with E-state index in [0.29, 0.717) is 15.3 Å². The van der Waals surface area contributed by atoms with Crippen LogP contribution >= 0.6 is 34.3 Å². The monoisotopic (exact) mass is 366 g/mol. The van der Waals surface area contributed by atoms with Crippen LogP contribution in [-0.2, 0) is 0 Å². The Balaban J connectivity index is 1.84. The minimum Gasteiger partial charge on any atom is -0.370 e. The number of carbonyl (C=O) groups excluding carboxylic acids is 1. The molecule has 0 aliphatic carbocycles. The molecule has 0 aliphatic rings. The third-order valence-electron chi connectivity index (χ3n) is 2.82. The zero-order valence-electron chi connectivity index (χ0n) is 11.8. The van der Waals surface area contributed by atoms with Gasteiger partial charge >= 0.3 is 0 Å². The van der Waals surface area contributed by atoms with Crippen molar-refractivity contribution >= 4 is 66.6 Å². The van der Waals surface area contributed by atoms with Crippen molar-refractivity contribution in [3.63, 3.8) is 0 Å². The van der Waals surface area contributed by atoms with Crippen molar-refractivity contribution in [1.29, 1.82) is 0 Å². The fourth-order valence-corrected chi connectivity index (χ4v) is 3.90. The van der Waals surface area contributed by atoms with Crippen molar-refractivity contribution in [2.45, 2.75) is 6.92 Å². The summed E-state index contributed by atoms with van der Waals surface area (Å²) in [5, 5.41) is 5.73. The minimum atomic E-state index is -0.374. The lowest BCUT2D eigenvalue weighted by molar-refractivity contribution is 0.102. The van der Waals surface area contributed by atoms with Gasteiger partial charge in [0.05, 0.1) is 10.2 Å². The fraction of sp³-hybridized carbons (Fsp3) is 0.0769. The number of hydrogen-bond donors (Lipinski definition) is 3. The smallest absolute Gasteiger partial charge is 0.276 e. The highest BCUT2D eigenvalue weighted by Gasteiger charge is 2.14. The van der Waals surface area contributed by atoms with E-state index < -0.39 is 0 Å². The Morgan fingerprint density at radius 3 is 2.87 bits per heavy atom. The molecule has 23 heavy (non-hydrogen) atoms. The Bertz CT molecular complexity index is 928. The number of benzene rings is 1. The molecule has 2 aromatic heterocycles. The van der Waals surface area contributed by atoms with Crippen LogP contribution in [0.4, 0.5) is 10.3 Å². The lowest BCUT2D eigenvalue weighted by Gasteiger charge is -1.96. The fourth-order valence-electron chi connectivity index (χ4n) is 1.90. The quantitative estimate of drug-likeness (QED) is 0.486. The van der Waals surface area contributed by atoms with Gasteiger partial charge in [-0.2, -0.15) is 4.99 Å². The molecule has 0 atom stereocenters. The molecule has 2 heterocycles. The van der Waals surface area contributed by atoms with Crippen LogP contribution in [0.2, 0.25) is 5.02 Å². The molecule has 10 heteroatoms. The van der Waals surface area contributed by atoms with Gasteiger partial charge in [0.2, 0.25) is 5.13 Å². The summed E-state index contributed by atoms with van der Waals surface area (Å²) in [6.45, 7) is 1.92. The third-order valence-corrected chi connectivity index (χ3v) is 4.69. The summed E-state index contributed by atoms with van der Waals surface area (Å²) in [6.07, 6.45) is 0. The van der Waals surface area contributed by atoms with Gasteiger partial charge in [-0.25, -0.2) is 9.97 Å². The maximum Gasteiger partial charge on any atom is 0.276 e. The molecule has 0 saturated carbocycles. The van der Waals surface area contributed by atoms with Gasteiger partial charge in [0, 0.05) is 10.4 Å². The average Bonchev–Trinajstić information content (AvgIpc) is 3.04. The van der Waals surface area contributed by atoms with Gasteiger partial charge in [0.25, 0.3) is 5.91 Å². The largest absolute Gasteiger partial charge is 0.370 e. The van der Waals surface area contributed by atoms with Gasteiger partial charge in [0.1, 0.15) is 5.69 Å². The van der Waals surface area contributed by atoms with E-state index >= 15 is 0 Å². The maximum absolute atomic E-state index is 12.2. The van der Waals surface area contributed by atoms with Crippen molar-refractivity contribution in [2.24, 2.45) is 16.5 Å². The first-order valence-corrected chi connectivity index (χ1v) is 8.43. The number of amides is 1. The van der Waals surface area contributed by atoms with Crippen LogP contribution in [0.1, 0.15) is 16.1 Å². The summed E-state index contributed by atoms with van der Waals surface area (Å²) in [7, 11) is 0. The van der Waals surface area contributed by atoms with Crippen molar-refractivity contribution in [3.05, 3.63) is 33.8 Å². The summed E-state index contributed by atoms with van der Waals surface area (Å²) >= 11 is 8.55. The van der Waals surface area contributed by atoms with E-state index in [1.54, 1.807) is 5.38 Å². The first kappa shape index (κ1) is 15.7. The van der Waals surface area contributed by atoms with Gasteiger partial charge in [-0.05, 0) is 24.6 Å². The highest BCUT2D eigenvalue weighted by molar-refractivity contribution is 7.22. The average molecular weight is 367 g/mol. The molecule has 1 amide bonds. The number of halogens is 1. The highest BCUT2D eigenvalue weighted by Crippen LogP contribution is 2.31. The number of aromatic nitrogens is 2. The Hall–Kier alpha value is -2.23. The number of rotatable bonds is 3. The zero-order valence-corrected chi connectivity index (χ0v) is 14.2. The van der Waals surface area contributed by atoms with Crippen LogP contribution in [0, 0.1) is 6.92 Å².